The van der Waals surface area contributed by atoms with Crippen LogP contribution in [0.3, 0.4) is 0 Å². The fourth-order valence-corrected chi connectivity index (χ4v) is 3.39. The number of nitrogens with one attached hydrogen (secondary N) is 2. The molecule has 1 aliphatic heterocycles. The second-order valence-electron chi connectivity index (χ2n) is 5.02. The van der Waals surface area contributed by atoms with Gasteiger partial charge in [-0.15, -0.1) is 0 Å². The third-order valence-electron chi connectivity index (χ3n) is 3.54. The highest BCUT2D eigenvalue weighted by molar-refractivity contribution is 7.89. The SMILES string of the molecule is N#CCc1ccc(S(=O)(=O)NCC2CCNCC2)cc1. The highest BCUT2D eigenvalue weighted by Gasteiger charge is 2.18. The van der Waals surface area contributed by atoms with Gasteiger partial charge in [-0.2, -0.15) is 5.26 Å². The number of nitriles is 1. The summed E-state index contributed by atoms with van der Waals surface area (Å²) >= 11 is 0. The first-order valence-corrected chi connectivity index (χ1v) is 8.26. The molecule has 0 unspecified atom stereocenters. The van der Waals surface area contributed by atoms with E-state index in [-0.39, 0.29) is 4.90 Å². The van der Waals surface area contributed by atoms with Gasteiger partial charge in [-0.1, -0.05) is 12.1 Å². The van der Waals surface area contributed by atoms with Crippen molar-refractivity contribution in [2.45, 2.75) is 24.2 Å². The molecule has 0 atom stereocenters. The molecule has 0 bridgehead atoms. The smallest absolute Gasteiger partial charge is 0.240 e. The molecule has 1 aliphatic rings. The minimum atomic E-state index is -3.44. The molecule has 0 spiro atoms. The van der Waals surface area contributed by atoms with Gasteiger partial charge < -0.3 is 5.32 Å². The molecule has 108 valence electrons. The number of hydrogen-bond donors (Lipinski definition) is 2. The summed E-state index contributed by atoms with van der Waals surface area (Å²) in [5.41, 5.74) is 0.824. The van der Waals surface area contributed by atoms with Crippen molar-refractivity contribution < 1.29 is 8.42 Å². The van der Waals surface area contributed by atoms with Crippen LogP contribution in [0, 0.1) is 17.2 Å². The topological polar surface area (TPSA) is 82.0 Å². The molecular weight excluding hydrogens is 274 g/mol. The van der Waals surface area contributed by atoms with E-state index in [2.05, 4.69) is 10.0 Å². The van der Waals surface area contributed by atoms with E-state index in [0.29, 0.717) is 18.9 Å². The van der Waals surface area contributed by atoms with Crippen molar-refractivity contribution in [3.8, 4) is 6.07 Å². The number of benzene rings is 1. The standard InChI is InChI=1S/C14H19N3O2S/c15-8-5-12-1-3-14(4-2-12)20(18,19)17-11-13-6-9-16-10-7-13/h1-4,13,16-17H,5-7,9-11H2. The lowest BCUT2D eigenvalue weighted by Crippen LogP contribution is -2.35. The molecular formula is C14H19N3O2S. The van der Waals surface area contributed by atoms with Crippen LogP contribution < -0.4 is 10.0 Å². The molecule has 1 aromatic carbocycles. The maximum atomic E-state index is 12.2. The van der Waals surface area contributed by atoms with Crippen molar-refractivity contribution >= 4 is 10.0 Å². The lowest BCUT2D eigenvalue weighted by atomic mass is 9.99. The Hall–Kier alpha value is -1.42. The van der Waals surface area contributed by atoms with Gasteiger partial charge in [-0.05, 0) is 49.5 Å². The van der Waals surface area contributed by atoms with E-state index < -0.39 is 10.0 Å². The Morgan fingerprint density at radius 3 is 2.50 bits per heavy atom. The average molecular weight is 293 g/mol. The molecule has 0 radical (unpaired) electrons. The summed E-state index contributed by atoms with van der Waals surface area (Å²) in [6.45, 7) is 2.40. The summed E-state index contributed by atoms with van der Waals surface area (Å²) < 4.78 is 27.0. The number of hydrogen-bond acceptors (Lipinski definition) is 4. The molecule has 1 aromatic rings. The summed E-state index contributed by atoms with van der Waals surface area (Å²) in [4.78, 5) is 0.258. The van der Waals surface area contributed by atoms with Crippen LogP contribution in [-0.4, -0.2) is 28.1 Å². The lowest BCUT2D eigenvalue weighted by molar-refractivity contribution is 0.372. The van der Waals surface area contributed by atoms with Crippen molar-refractivity contribution in [2.24, 2.45) is 5.92 Å². The van der Waals surface area contributed by atoms with Gasteiger partial charge in [0.2, 0.25) is 10.0 Å². The van der Waals surface area contributed by atoms with E-state index in [4.69, 9.17) is 5.26 Å². The highest BCUT2D eigenvalue weighted by atomic mass is 32.2. The third kappa shape index (κ3) is 4.04. The Kier molecular flexibility index (Phi) is 5.12. The zero-order chi connectivity index (χ0) is 14.4. The van der Waals surface area contributed by atoms with Crippen LogP contribution in [0.15, 0.2) is 29.2 Å². The molecule has 1 heterocycles. The fourth-order valence-electron chi connectivity index (χ4n) is 2.27. The Labute approximate surface area is 120 Å². The Bertz CT molecular complexity index is 569. The van der Waals surface area contributed by atoms with Gasteiger partial charge in [0.1, 0.15) is 0 Å². The van der Waals surface area contributed by atoms with Crippen LogP contribution in [0.2, 0.25) is 0 Å². The van der Waals surface area contributed by atoms with E-state index in [1.54, 1.807) is 24.3 Å². The summed E-state index contributed by atoms with van der Waals surface area (Å²) in [7, 11) is -3.44. The maximum Gasteiger partial charge on any atom is 0.240 e. The number of rotatable bonds is 5. The van der Waals surface area contributed by atoms with Gasteiger partial charge in [-0.25, -0.2) is 13.1 Å². The van der Waals surface area contributed by atoms with Crippen LogP contribution in [0.4, 0.5) is 0 Å². The third-order valence-corrected chi connectivity index (χ3v) is 4.98. The molecule has 1 saturated heterocycles. The Morgan fingerprint density at radius 2 is 1.90 bits per heavy atom. The zero-order valence-corrected chi connectivity index (χ0v) is 12.1. The molecule has 0 aliphatic carbocycles. The van der Waals surface area contributed by atoms with Gasteiger partial charge >= 0.3 is 0 Å². The molecule has 0 amide bonds. The Morgan fingerprint density at radius 1 is 1.25 bits per heavy atom. The first-order valence-electron chi connectivity index (χ1n) is 6.78. The predicted molar refractivity (Wildman–Crippen MR) is 76.5 cm³/mol. The number of sulfonamides is 1. The van der Waals surface area contributed by atoms with Gasteiger partial charge in [0.25, 0.3) is 0 Å². The quantitative estimate of drug-likeness (QED) is 0.849. The lowest BCUT2D eigenvalue weighted by Gasteiger charge is -2.22. The van der Waals surface area contributed by atoms with Crippen LogP contribution in [0.1, 0.15) is 18.4 Å². The van der Waals surface area contributed by atoms with Gasteiger partial charge in [0.15, 0.2) is 0 Å². The maximum absolute atomic E-state index is 12.2. The molecule has 6 heteroatoms. The van der Waals surface area contributed by atoms with E-state index in [0.717, 1.165) is 31.5 Å². The first kappa shape index (κ1) is 15.0. The van der Waals surface area contributed by atoms with E-state index in [1.807, 2.05) is 6.07 Å². The van der Waals surface area contributed by atoms with Crippen molar-refractivity contribution in [3.05, 3.63) is 29.8 Å². The minimum absolute atomic E-state index is 0.258. The number of piperidine rings is 1. The van der Waals surface area contributed by atoms with Crippen molar-refractivity contribution in [1.82, 2.24) is 10.0 Å². The van der Waals surface area contributed by atoms with E-state index in [1.165, 1.54) is 0 Å². The summed E-state index contributed by atoms with van der Waals surface area (Å²) in [6.07, 6.45) is 2.30. The molecule has 20 heavy (non-hydrogen) atoms. The average Bonchev–Trinajstić information content (AvgIpc) is 2.47. The van der Waals surface area contributed by atoms with Crippen molar-refractivity contribution in [1.29, 1.82) is 5.26 Å². The first-order chi connectivity index (χ1) is 9.62. The summed E-state index contributed by atoms with van der Waals surface area (Å²) in [5, 5.41) is 11.8. The molecule has 5 nitrogen and oxygen atoms in total. The van der Waals surface area contributed by atoms with Crippen molar-refractivity contribution in [3.63, 3.8) is 0 Å². The Balaban J connectivity index is 1.96. The highest BCUT2D eigenvalue weighted by Crippen LogP contribution is 2.14. The number of nitrogens with zero attached hydrogens (tertiary/aromatic N) is 1. The van der Waals surface area contributed by atoms with Crippen LogP contribution in [0.25, 0.3) is 0 Å². The second kappa shape index (κ2) is 6.84. The molecule has 0 aromatic heterocycles. The zero-order valence-electron chi connectivity index (χ0n) is 11.3. The van der Waals surface area contributed by atoms with Gasteiger partial charge in [-0.3, -0.25) is 0 Å². The van der Waals surface area contributed by atoms with E-state index in [9.17, 15) is 8.42 Å². The van der Waals surface area contributed by atoms with Crippen LogP contribution in [0.5, 0.6) is 0 Å². The largest absolute Gasteiger partial charge is 0.317 e. The summed E-state index contributed by atoms with van der Waals surface area (Å²) in [6, 6.07) is 8.51. The van der Waals surface area contributed by atoms with Gasteiger partial charge in [0.05, 0.1) is 17.4 Å². The van der Waals surface area contributed by atoms with Crippen molar-refractivity contribution in [2.75, 3.05) is 19.6 Å². The summed E-state index contributed by atoms with van der Waals surface area (Å²) in [5.74, 6) is 0.406. The molecule has 0 saturated carbocycles. The molecule has 2 N–H and O–H groups in total. The molecule has 2 rings (SSSR count). The fraction of sp³-hybridized carbons (Fsp3) is 0.500. The van der Waals surface area contributed by atoms with Crippen LogP contribution >= 0.6 is 0 Å². The van der Waals surface area contributed by atoms with Gasteiger partial charge in [0, 0.05) is 6.54 Å². The minimum Gasteiger partial charge on any atom is -0.317 e. The second-order valence-corrected chi connectivity index (χ2v) is 6.79. The normalized spacial score (nSPS) is 16.8. The van der Waals surface area contributed by atoms with Crippen LogP contribution in [-0.2, 0) is 16.4 Å². The monoisotopic (exact) mass is 293 g/mol. The predicted octanol–water partition coefficient (Wildman–Crippen LogP) is 1.03. The van der Waals surface area contributed by atoms with E-state index >= 15 is 0 Å². The molecule has 1 fully saturated rings.